The first-order valence-corrected chi connectivity index (χ1v) is 8.70. The molecule has 1 unspecified atom stereocenters. The van der Waals surface area contributed by atoms with Crippen LogP contribution in [0.2, 0.25) is 0 Å². The Kier molecular flexibility index (Phi) is 8.17. The molecule has 2 nitrogen and oxygen atoms in total. The van der Waals surface area contributed by atoms with E-state index in [0.717, 1.165) is 37.1 Å². The quantitative estimate of drug-likeness (QED) is 0.545. The normalized spacial score (nSPS) is 13.4. The fourth-order valence-electron chi connectivity index (χ4n) is 2.37. The monoisotopic (exact) mass is 320 g/mol. The van der Waals surface area contributed by atoms with Gasteiger partial charge in [-0.3, -0.25) is 0 Å². The average Bonchev–Trinajstić information content (AvgIpc) is 2.36. The lowest BCUT2D eigenvalue weighted by Crippen LogP contribution is -2.40. The molecule has 0 aliphatic carbocycles. The molecule has 134 valence electrons. The minimum atomic E-state index is 0.233. The molecule has 0 aromatic rings. The molecule has 0 radical (unpaired) electrons. The summed E-state index contributed by atoms with van der Waals surface area (Å²) in [4.78, 5) is 2.31. The molecule has 0 rings (SSSR count). The van der Waals surface area contributed by atoms with Gasteiger partial charge in [-0.15, -0.1) is 0 Å². The molecule has 1 atom stereocenters. The predicted octanol–water partition coefficient (Wildman–Crippen LogP) is 5.74. The second kappa shape index (κ2) is 8.61. The zero-order valence-electron chi connectivity index (χ0n) is 17.0. The summed E-state index contributed by atoms with van der Waals surface area (Å²) in [6, 6.07) is 0.252. The maximum atomic E-state index is 4.33. The van der Waals surface area contributed by atoms with Crippen LogP contribution in [-0.4, -0.2) is 24.5 Å². The lowest BCUT2D eigenvalue weighted by Gasteiger charge is -2.38. The van der Waals surface area contributed by atoms with Crippen LogP contribution in [0.15, 0.2) is 36.7 Å². The largest absolute Gasteiger partial charge is 0.383 e. The van der Waals surface area contributed by atoms with E-state index in [4.69, 9.17) is 0 Å². The van der Waals surface area contributed by atoms with Gasteiger partial charge in [-0.2, -0.15) is 0 Å². The van der Waals surface area contributed by atoms with Crippen LogP contribution in [0.25, 0.3) is 0 Å². The van der Waals surface area contributed by atoms with E-state index in [1.165, 1.54) is 5.70 Å². The highest BCUT2D eigenvalue weighted by atomic mass is 15.2. The van der Waals surface area contributed by atoms with E-state index in [1.807, 2.05) is 6.92 Å². The second-order valence-electron chi connectivity index (χ2n) is 9.35. The molecular weight excluding hydrogens is 280 g/mol. The van der Waals surface area contributed by atoms with Gasteiger partial charge in [-0.25, -0.2) is 0 Å². The van der Waals surface area contributed by atoms with Gasteiger partial charge in [-0.05, 0) is 37.0 Å². The molecule has 0 fully saturated rings. The minimum absolute atomic E-state index is 0.233. The molecule has 0 saturated carbocycles. The van der Waals surface area contributed by atoms with E-state index >= 15 is 0 Å². The summed E-state index contributed by atoms with van der Waals surface area (Å²) in [5.74, 6) is 0. The van der Waals surface area contributed by atoms with E-state index in [2.05, 4.69) is 78.5 Å². The summed E-state index contributed by atoms with van der Waals surface area (Å²) in [7, 11) is 2.15. The highest BCUT2D eigenvalue weighted by molar-refractivity contribution is 5.12. The lowest BCUT2D eigenvalue weighted by molar-refractivity contribution is 0.225. The fraction of sp³-hybridized carbons (Fsp3) is 0.714. The van der Waals surface area contributed by atoms with Gasteiger partial charge in [0.05, 0.1) is 6.04 Å². The van der Waals surface area contributed by atoms with Crippen molar-refractivity contribution in [2.24, 2.45) is 10.8 Å². The first kappa shape index (κ1) is 21.8. The smallest absolute Gasteiger partial charge is 0.0681 e. The molecule has 0 aromatic heterocycles. The van der Waals surface area contributed by atoms with Crippen LogP contribution < -0.4 is 5.32 Å². The van der Waals surface area contributed by atoms with Crippen molar-refractivity contribution in [1.29, 1.82) is 0 Å². The molecule has 2 heteroatoms. The average molecular weight is 321 g/mol. The highest BCUT2D eigenvalue weighted by Crippen LogP contribution is 2.30. The van der Waals surface area contributed by atoms with Gasteiger partial charge in [0.2, 0.25) is 0 Å². The molecule has 23 heavy (non-hydrogen) atoms. The van der Waals surface area contributed by atoms with Crippen molar-refractivity contribution in [3.63, 3.8) is 0 Å². The van der Waals surface area contributed by atoms with Gasteiger partial charge in [0.15, 0.2) is 0 Å². The number of hydrogen-bond acceptors (Lipinski definition) is 2. The van der Waals surface area contributed by atoms with Crippen molar-refractivity contribution < 1.29 is 0 Å². The van der Waals surface area contributed by atoms with Crippen molar-refractivity contribution in [2.75, 3.05) is 13.6 Å². The van der Waals surface area contributed by atoms with Gasteiger partial charge in [-0.1, -0.05) is 66.9 Å². The highest BCUT2D eigenvalue weighted by Gasteiger charge is 2.26. The minimum Gasteiger partial charge on any atom is -0.383 e. The summed E-state index contributed by atoms with van der Waals surface area (Å²) in [5, 5.41) is 3.44. The third-order valence-electron chi connectivity index (χ3n) is 3.96. The van der Waals surface area contributed by atoms with Crippen LogP contribution in [0.5, 0.6) is 0 Å². The number of nitrogens with one attached hydrogen (secondary N) is 1. The summed E-state index contributed by atoms with van der Waals surface area (Å²) in [5.41, 5.74) is 3.93. The molecule has 0 amide bonds. The second-order valence-corrected chi connectivity index (χ2v) is 9.35. The molecule has 0 aromatic carbocycles. The summed E-state index contributed by atoms with van der Waals surface area (Å²) in [6.45, 7) is 29.1. The van der Waals surface area contributed by atoms with E-state index in [9.17, 15) is 0 Å². The molecule has 0 saturated heterocycles. The first-order chi connectivity index (χ1) is 10.2. The Morgan fingerprint density at radius 3 is 1.91 bits per heavy atom. The number of hydrogen-bond donors (Lipinski definition) is 1. The zero-order valence-corrected chi connectivity index (χ0v) is 17.0. The number of likely N-dealkylation sites (N-methyl/N-ethyl adjacent to an activating group) is 1. The Bertz CT molecular complexity index is 418. The van der Waals surface area contributed by atoms with Gasteiger partial charge in [0.25, 0.3) is 0 Å². The zero-order chi connectivity index (χ0) is 18.4. The standard InChI is InChI=1S/C21H40N2/c1-16(2)15-22-18(4)19(14-21(8,9)10)23(11)17(3)12-13-20(5,6)7/h19,22H,1,3-4,12-15H2,2,5-11H3. The number of rotatable bonds is 9. The van der Waals surface area contributed by atoms with Crippen molar-refractivity contribution in [3.05, 3.63) is 36.7 Å². The van der Waals surface area contributed by atoms with Crippen molar-refractivity contribution >= 4 is 0 Å². The Morgan fingerprint density at radius 1 is 1.00 bits per heavy atom. The number of allylic oxidation sites excluding steroid dienone is 1. The Balaban J connectivity index is 4.99. The van der Waals surface area contributed by atoms with Crippen molar-refractivity contribution in [1.82, 2.24) is 10.2 Å². The van der Waals surface area contributed by atoms with Crippen LogP contribution in [0, 0.1) is 10.8 Å². The topological polar surface area (TPSA) is 15.3 Å². The third-order valence-corrected chi connectivity index (χ3v) is 3.96. The van der Waals surface area contributed by atoms with E-state index in [1.54, 1.807) is 0 Å². The molecule has 0 heterocycles. The van der Waals surface area contributed by atoms with Crippen molar-refractivity contribution in [2.45, 2.75) is 73.8 Å². The van der Waals surface area contributed by atoms with Crippen molar-refractivity contribution in [3.8, 4) is 0 Å². The molecule has 0 aliphatic heterocycles. The summed E-state index contributed by atoms with van der Waals surface area (Å²) in [6.07, 6.45) is 3.21. The Hall–Kier alpha value is -1.18. The first-order valence-electron chi connectivity index (χ1n) is 8.70. The molecular formula is C21H40N2. The summed E-state index contributed by atoms with van der Waals surface area (Å²) >= 11 is 0. The maximum Gasteiger partial charge on any atom is 0.0681 e. The Morgan fingerprint density at radius 2 is 1.52 bits per heavy atom. The van der Waals surface area contributed by atoms with Crippen LogP contribution in [0.3, 0.4) is 0 Å². The Labute approximate surface area is 145 Å². The third kappa shape index (κ3) is 10.3. The summed E-state index contributed by atoms with van der Waals surface area (Å²) < 4.78 is 0. The molecule has 0 spiro atoms. The molecule has 1 N–H and O–H groups in total. The molecule has 0 bridgehead atoms. The maximum absolute atomic E-state index is 4.33. The predicted molar refractivity (Wildman–Crippen MR) is 105 cm³/mol. The van der Waals surface area contributed by atoms with Gasteiger partial charge in [0, 0.05) is 25.0 Å². The van der Waals surface area contributed by atoms with Gasteiger partial charge >= 0.3 is 0 Å². The number of nitrogens with zero attached hydrogens (tertiary/aromatic N) is 1. The van der Waals surface area contributed by atoms with Gasteiger partial charge in [0.1, 0.15) is 0 Å². The molecule has 0 aliphatic rings. The fourth-order valence-corrected chi connectivity index (χ4v) is 2.37. The van der Waals surface area contributed by atoms with E-state index in [-0.39, 0.29) is 11.5 Å². The van der Waals surface area contributed by atoms with Gasteiger partial charge < -0.3 is 10.2 Å². The van der Waals surface area contributed by atoms with Crippen LogP contribution in [0.1, 0.15) is 67.7 Å². The lowest BCUT2D eigenvalue weighted by atomic mass is 9.85. The SMILES string of the molecule is C=C(C)CNC(=C)C(CC(C)(C)C)N(C)C(=C)CCC(C)(C)C. The van der Waals surface area contributed by atoms with Crippen LogP contribution >= 0.6 is 0 Å². The van der Waals surface area contributed by atoms with Crippen LogP contribution in [-0.2, 0) is 0 Å². The van der Waals surface area contributed by atoms with E-state index < -0.39 is 0 Å². The van der Waals surface area contributed by atoms with Crippen LogP contribution in [0.4, 0.5) is 0 Å². The van der Waals surface area contributed by atoms with E-state index in [0.29, 0.717) is 5.41 Å².